The zero-order valence-electron chi connectivity index (χ0n) is 11.8. The number of aryl methyl sites for hydroxylation is 2. The molecule has 1 aromatic carbocycles. The average molecular weight is 288 g/mol. The normalized spacial score (nSPS) is 16.3. The SMILES string of the molecule is COc1ccc(C(O)c2cc3c(s2)CCCCC3)cc1. The second-order valence-corrected chi connectivity index (χ2v) is 6.50. The number of fused-ring (bicyclic) bond motifs is 1. The maximum absolute atomic E-state index is 10.5. The first-order valence-electron chi connectivity index (χ1n) is 7.21. The molecule has 0 fully saturated rings. The molecule has 0 radical (unpaired) electrons. The van der Waals surface area contributed by atoms with Crippen LogP contribution in [0.3, 0.4) is 0 Å². The number of aliphatic hydroxyl groups is 1. The van der Waals surface area contributed by atoms with Crippen molar-refractivity contribution in [2.75, 3.05) is 7.11 Å². The lowest BCUT2D eigenvalue weighted by Gasteiger charge is -2.09. The molecule has 1 aromatic heterocycles. The van der Waals surface area contributed by atoms with E-state index in [-0.39, 0.29) is 0 Å². The largest absolute Gasteiger partial charge is 0.497 e. The van der Waals surface area contributed by atoms with Gasteiger partial charge in [-0.3, -0.25) is 0 Å². The molecule has 0 bridgehead atoms. The minimum absolute atomic E-state index is 0.516. The van der Waals surface area contributed by atoms with Crippen LogP contribution in [0.1, 0.15) is 46.2 Å². The second-order valence-electron chi connectivity index (χ2n) is 5.33. The van der Waals surface area contributed by atoms with Crippen LogP contribution in [-0.2, 0) is 12.8 Å². The van der Waals surface area contributed by atoms with Crippen molar-refractivity contribution in [1.29, 1.82) is 0 Å². The van der Waals surface area contributed by atoms with Crippen LogP contribution in [0, 0.1) is 0 Å². The van der Waals surface area contributed by atoms with Gasteiger partial charge in [-0.25, -0.2) is 0 Å². The van der Waals surface area contributed by atoms with E-state index in [2.05, 4.69) is 6.07 Å². The number of hydrogen-bond donors (Lipinski definition) is 1. The maximum Gasteiger partial charge on any atom is 0.118 e. The minimum Gasteiger partial charge on any atom is -0.497 e. The average Bonchev–Trinajstić information content (AvgIpc) is 2.77. The Balaban J connectivity index is 1.84. The van der Waals surface area contributed by atoms with Gasteiger partial charge < -0.3 is 9.84 Å². The Morgan fingerprint density at radius 1 is 1.10 bits per heavy atom. The van der Waals surface area contributed by atoms with Gasteiger partial charge in [0.15, 0.2) is 0 Å². The van der Waals surface area contributed by atoms with Crippen LogP contribution in [0.4, 0.5) is 0 Å². The predicted molar refractivity (Wildman–Crippen MR) is 82.6 cm³/mol. The first kappa shape index (κ1) is 13.7. The summed E-state index contributed by atoms with van der Waals surface area (Å²) in [5.41, 5.74) is 2.39. The van der Waals surface area contributed by atoms with Crippen molar-refractivity contribution >= 4 is 11.3 Å². The number of thiophene rings is 1. The zero-order valence-corrected chi connectivity index (χ0v) is 12.6. The first-order valence-corrected chi connectivity index (χ1v) is 8.03. The van der Waals surface area contributed by atoms with Crippen LogP contribution in [0.25, 0.3) is 0 Å². The van der Waals surface area contributed by atoms with Crippen LogP contribution in [0.2, 0.25) is 0 Å². The molecule has 3 heteroatoms. The molecule has 0 aliphatic heterocycles. The van der Waals surface area contributed by atoms with Crippen LogP contribution in [0.5, 0.6) is 5.75 Å². The summed E-state index contributed by atoms with van der Waals surface area (Å²) in [7, 11) is 1.65. The molecule has 1 N–H and O–H groups in total. The number of methoxy groups -OCH3 is 1. The van der Waals surface area contributed by atoms with Crippen LogP contribution < -0.4 is 4.74 Å². The van der Waals surface area contributed by atoms with Crippen molar-refractivity contribution in [2.45, 2.75) is 38.2 Å². The molecule has 106 valence electrons. The molecule has 1 atom stereocenters. The molecular formula is C17H20O2S. The van der Waals surface area contributed by atoms with Crippen molar-refractivity contribution in [3.05, 3.63) is 51.2 Å². The molecule has 2 nitrogen and oxygen atoms in total. The van der Waals surface area contributed by atoms with Crippen molar-refractivity contribution in [2.24, 2.45) is 0 Å². The summed E-state index contributed by atoms with van der Waals surface area (Å²) in [4.78, 5) is 2.55. The molecule has 0 spiro atoms. The lowest BCUT2D eigenvalue weighted by atomic mass is 10.1. The molecule has 20 heavy (non-hydrogen) atoms. The fourth-order valence-electron chi connectivity index (χ4n) is 2.78. The summed E-state index contributed by atoms with van der Waals surface area (Å²) in [6, 6.07) is 9.89. The van der Waals surface area contributed by atoms with E-state index in [4.69, 9.17) is 4.74 Å². The number of benzene rings is 1. The lowest BCUT2D eigenvalue weighted by molar-refractivity contribution is 0.224. The van der Waals surface area contributed by atoms with Gasteiger partial charge in [-0.1, -0.05) is 18.6 Å². The monoisotopic (exact) mass is 288 g/mol. The molecule has 1 aliphatic rings. The third-order valence-electron chi connectivity index (χ3n) is 3.97. The van der Waals surface area contributed by atoms with E-state index in [0.29, 0.717) is 0 Å². The Morgan fingerprint density at radius 2 is 1.85 bits per heavy atom. The third kappa shape index (κ3) is 2.74. The molecule has 2 aromatic rings. The molecule has 1 unspecified atom stereocenters. The molecule has 0 amide bonds. The lowest BCUT2D eigenvalue weighted by Crippen LogP contribution is -1.97. The predicted octanol–water partition coefficient (Wildman–Crippen LogP) is 4.11. The summed E-state index contributed by atoms with van der Waals surface area (Å²) in [6.07, 6.45) is 5.72. The van der Waals surface area contributed by atoms with E-state index in [1.807, 2.05) is 24.3 Å². The quantitative estimate of drug-likeness (QED) is 0.861. The van der Waals surface area contributed by atoms with E-state index in [0.717, 1.165) is 16.2 Å². The van der Waals surface area contributed by atoms with Crippen LogP contribution in [-0.4, -0.2) is 12.2 Å². The summed E-state index contributed by atoms with van der Waals surface area (Å²) in [6.45, 7) is 0. The van der Waals surface area contributed by atoms with Crippen LogP contribution >= 0.6 is 11.3 Å². The highest BCUT2D eigenvalue weighted by molar-refractivity contribution is 7.12. The second kappa shape index (κ2) is 5.98. The molecule has 1 heterocycles. The summed E-state index contributed by atoms with van der Waals surface area (Å²) >= 11 is 1.78. The summed E-state index contributed by atoms with van der Waals surface area (Å²) < 4.78 is 5.16. The molecular weight excluding hydrogens is 268 g/mol. The van der Waals surface area contributed by atoms with Gasteiger partial charge in [0.1, 0.15) is 11.9 Å². The molecule has 0 saturated carbocycles. The van der Waals surface area contributed by atoms with Crippen molar-refractivity contribution in [1.82, 2.24) is 0 Å². The third-order valence-corrected chi connectivity index (χ3v) is 5.26. The smallest absolute Gasteiger partial charge is 0.118 e. The topological polar surface area (TPSA) is 29.5 Å². The van der Waals surface area contributed by atoms with Crippen molar-refractivity contribution in [3.63, 3.8) is 0 Å². The van der Waals surface area contributed by atoms with E-state index < -0.39 is 6.10 Å². The van der Waals surface area contributed by atoms with Gasteiger partial charge in [0.2, 0.25) is 0 Å². The Bertz CT molecular complexity index is 548. The Kier molecular flexibility index (Phi) is 4.08. The first-order chi connectivity index (χ1) is 9.78. The fraction of sp³-hybridized carbons (Fsp3) is 0.412. The number of aliphatic hydroxyl groups excluding tert-OH is 1. The van der Waals surface area contributed by atoms with Gasteiger partial charge in [-0.05, 0) is 55.0 Å². The van der Waals surface area contributed by atoms with E-state index in [1.54, 1.807) is 18.4 Å². The molecule has 0 saturated heterocycles. The van der Waals surface area contributed by atoms with Crippen molar-refractivity contribution < 1.29 is 9.84 Å². The number of hydrogen-bond acceptors (Lipinski definition) is 3. The minimum atomic E-state index is -0.516. The number of ether oxygens (including phenoxy) is 1. The van der Waals surface area contributed by atoms with E-state index in [9.17, 15) is 5.11 Å². The van der Waals surface area contributed by atoms with Gasteiger partial charge in [0.25, 0.3) is 0 Å². The standard InChI is InChI=1S/C17H20O2S/c1-19-14-9-7-12(8-10-14)17(18)16-11-13-5-3-2-4-6-15(13)20-16/h7-11,17-18H,2-6H2,1H3. The Hall–Kier alpha value is -1.32. The Labute approximate surface area is 124 Å². The van der Waals surface area contributed by atoms with Gasteiger partial charge in [-0.2, -0.15) is 0 Å². The zero-order chi connectivity index (χ0) is 13.9. The Morgan fingerprint density at radius 3 is 2.60 bits per heavy atom. The fourth-order valence-corrected chi connectivity index (χ4v) is 4.05. The summed E-state index contributed by atoms with van der Waals surface area (Å²) in [5.74, 6) is 0.822. The number of rotatable bonds is 3. The van der Waals surface area contributed by atoms with Gasteiger partial charge >= 0.3 is 0 Å². The van der Waals surface area contributed by atoms with E-state index in [1.165, 1.54) is 42.5 Å². The van der Waals surface area contributed by atoms with Crippen LogP contribution in [0.15, 0.2) is 30.3 Å². The molecule has 3 rings (SSSR count). The van der Waals surface area contributed by atoms with E-state index >= 15 is 0 Å². The van der Waals surface area contributed by atoms with Crippen molar-refractivity contribution in [3.8, 4) is 5.75 Å². The maximum atomic E-state index is 10.5. The van der Waals surface area contributed by atoms with Gasteiger partial charge in [0.05, 0.1) is 7.11 Å². The summed E-state index contributed by atoms with van der Waals surface area (Å²) in [5, 5.41) is 10.5. The van der Waals surface area contributed by atoms with Gasteiger partial charge in [0, 0.05) is 9.75 Å². The highest BCUT2D eigenvalue weighted by Gasteiger charge is 2.18. The highest BCUT2D eigenvalue weighted by atomic mass is 32.1. The highest BCUT2D eigenvalue weighted by Crippen LogP contribution is 2.35. The van der Waals surface area contributed by atoms with Gasteiger partial charge in [-0.15, -0.1) is 11.3 Å². The molecule has 1 aliphatic carbocycles.